The third-order valence-electron chi connectivity index (χ3n) is 5.37. The van der Waals surface area contributed by atoms with Gasteiger partial charge in [0, 0.05) is 23.9 Å². The lowest BCUT2D eigenvalue weighted by Crippen LogP contribution is -2.29. The van der Waals surface area contributed by atoms with E-state index in [0.717, 1.165) is 34.4 Å². The standard InChI is InChI=1S/C24H26N6O2/c1-4-22(31)30-15-19(13-16(2)3)29(24(30)32)14-17-9-11-18(12-10-17)20-7-5-6-8-21(20)23-25-27-28-26-23/h5-12,15-16H,4,13-14H2,1-3H3,(H,25,26,27,28). The van der Waals surface area contributed by atoms with Crippen molar-refractivity contribution in [2.45, 2.75) is 40.2 Å². The van der Waals surface area contributed by atoms with Crippen LogP contribution in [0.15, 0.2) is 59.5 Å². The zero-order chi connectivity index (χ0) is 22.7. The molecule has 0 aliphatic heterocycles. The van der Waals surface area contributed by atoms with Crippen LogP contribution >= 0.6 is 0 Å². The van der Waals surface area contributed by atoms with Crippen LogP contribution in [-0.2, 0) is 13.0 Å². The van der Waals surface area contributed by atoms with Gasteiger partial charge in [-0.1, -0.05) is 69.3 Å². The highest BCUT2D eigenvalue weighted by Crippen LogP contribution is 2.29. The van der Waals surface area contributed by atoms with E-state index in [2.05, 4.69) is 34.5 Å². The van der Waals surface area contributed by atoms with Crippen molar-refractivity contribution in [2.24, 2.45) is 5.92 Å². The van der Waals surface area contributed by atoms with Crippen LogP contribution in [0.2, 0.25) is 0 Å². The highest BCUT2D eigenvalue weighted by atomic mass is 16.2. The minimum absolute atomic E-state index is 0.188. The number of carbonyl (C=O) groups is 1. The molecular weight excluding hydrogens is 404 g/mol. The van der Waals surface area contributed by atoms with Crippen molar-refractivity contribution in [1.82, 2.24) is 29.8 Å². The van der Waals surface area contributed by atoms with E-state index >= 15 is 0 Å². The van der Waals surface area contributed by atoms with Crippen molar-refractivity contribution in [3.8, 4) is 22.5 Å². The predicted molar refractivity (Wildman–Crippen MR) is 122 cm³/mol. The third kappa shape index (κ3) is 4.30. The van der Waals surface area contributed by atoms with Gasteiger partial charge >= 0.3 is 5.69 Å². The van der Waals surface area contributed by atoms with Gasteiger partial charge in [0.05, 0.1) is 6.54 Å². The maximum absolute atomic E-state index is 12.9. The van der Waals surface area contributed by atoms with Gasteiger partial charge in [0.1, 0.15) is 0 Å². The number of rotatable bonds is 7. The molecule has 0 amide bonds. The summed E-state index contributed by atoms with van der Waals surface area (Å²) in [5.41, 5.74) is 4.48. The molecule has 0 bridgehead atoms. The summed E-state index contributed by atoms with van der Waals surface area (Å²) in [5, 5.41) is 14.3. The molecule has 0 atom stereocenters. The second-order valence-electron chi connectivity index (χ2n) is 8.18. The van der Waals surface area contributed by atoms with Gasteiger partial charge in [0.2, 0.25) is 11.7 Å². The molecule has 0 saturated heterocycles. The number of hydrogen-bond acceptors (Lipinski definition) is 5. The van der Waals surface area contributed by atoms with Crippen LogP contribution < -0.4 is 5.69 Å². The monoisotopic (exact) mass is 430 g/mol. The van der Waals surface area contributed by atoms with Crippen LogP contribution in [0.1, 0.15) is 43.2 Å². The zero-order valence-electron chi connectivity index (χ0n) is 18.4. The van der Waals surface area contributed by atoms with Gasteiger partial charge in [0.15, 0.2) is 0 Å². The second-order valence-corrected chi connectivity index (χ2v) is 8.18. The Hall–Kier alpha value is -3.81. The lowest BCUT2D eigenvalue weighted by atomic mass is 9.98. The third-order valence-corrected chi connectivity index (χ3v) is 5.37. The van der Waals surface area contributed by atoms with Crippen molar-refractivity contribution in [1.29, 1.82) is 0 Å². The molecule has 2 aromatic carbocycles. The Morgan fingerprint density at radius 1 is 1.06 bits per heavy atom. The molecule has 0 saturated carbocycles. The first kappa shape index (κ1) is 21.4. The molecule has 0 radical (unpaired) electrons. The molecule has 0 spiro atoms. The molecule has 4 rings (SSSR count). The van der Waals surface area contributed by atoms with Gasteiger partial charge in [-0.15, -0.1) is 10.2 Å². The van der Waals surface area contributed by atoms with Crippen LogP contribution in [0.4, 0.5) is 0 Å². The molecule has 0 fully saturated rings. The summed E-state index contributed by atoms with van der Waals surface area (Å²) >= 11 is 0. The molecule has 2 heterocycles. The summed E-state index contributed by atoms with van der Waals surface area (Å²) in [6, 6.07) is 15.9. The van der Waals surface area contributed by atoms with Gasteiger partial charge in [0.25, 0.3) is 0 Å². The van der Waals surface area contributed by atoms with Gasteiger partial charge < -0.3 is 0 Å². The van der Waals surface area contributed by atoms with Crippen LogP contribution in [0, 0.1) is 5.92 Å². The molecule has 8 heteroatoms. The smallest absolute Gasteiger partial charge is 0.292 e. The Balaban J connectivity index is 1.65. The van der Waals surface area contributed by atoms with E-state index in [1.54, 1.807) is 17.7 Å². The summed E-state index contributed by atoms with van der Waals surface area (Å²) in [4.78, 5) is 25.1. The van der Waals surface area contributed by atoms with E-state index in [1.165, 1.54) is 4.57 Å². The first-order chi connectivity index (χ1) is 15.5. The van der Waals surface area contributed by atoms with Crippen molar-refractivity contribution < 1.29 is 4.79 Å². The van der Waals surface area contributed by atoms with E-state index in [0.29, 0.717) is 24.7 Å². The SMILES string of the molecule is CCC(=O)n1cc(CC(C)C)n(Cc2ccc(-c3ccccc3-c3nn[nH]n3)cc2)c1=O. The number of nitrogens with one attached hydrogen (secondary N) is 1. The number of tetrazole rings is 1. The van der Waals surface area contributed by atoms with Crippen LogP contribution in [0.3, 0.4) is 0 Å². The Morgan fingerprint density at radius 2 is 1.78 bits per heavy atom. The summed E-state index contributed by atoms with van der Waals surface area (Å²) in [7, 11) is 0. The quantitative estimate of drug-likeness (QED) is 0.481. The molecule has 0 aliphatic carbocycles. The Morgan fingerprint density at radius 3 is 2.41 bits per heavy atom. The first-order valence-corrected chi connectivity index (χ1v) is 10.7. The summed E-state index contributed by atoms with van der Waals surface area (Å²) in [6.45, 7) is 6.38. The highest BCUT2D eigenvalue weighted by molar-refractivity contribution is 5.80. The number of hydrogen-bond donors (Lipinski definition) is 1. The van der Waals surface area contributed by atoms with Crippen molar-refractivity contribution in [3.05, 3.63) is 76.5 Å². The van der Waals surface area contributed by atoms with Crippen LogP contribution in [-0.4, -0.2) is 35.7 Å². The molecular formula is C24H26N6O2. The average Bonchev–Trinajstić information content (AvgIpc) is 3.43. The van der Waals surface area contributed by atoms with E-state index in [9.17, 15) is 9.59 Å². The summed E-state index contributed by atoms with van der Waals surface area (Å²) < 4.78 is 2.95. The summed E-state index contributed by atoms with van der Waals surface area (Å²) in [5.74, 6) is 0.723. The minimum Gasteiger partial charge on any atom is -0.292 e. The average molecular weight is 431 g/mol. The number of aromatic nitrogens is 6. The number of H-pyrrole nitrogens is 1. The second kappa shape index (κ2) is 9.13. The Kier molecular flexibility index (Phi) is 6.11. The van der Waals surface area contributed by atoms with Gasteiger partial charge in [-0.05, 0) is 34.2 Å². The predicted octanol–water partition coefficient (Wildman–Crippen LogP) is 3.79. The lowest BCUT2D eigenvalue weighted by Gasteiger charge is -2.11. The fourth-order valence-corrected chi connectivity index (χ4v) is 3.80. The van der Waals surface area contributed by atoms with E-state index in [1.807, 2.05) is 48.5 Å². The normalized spacial score (nSPS) is 11.2. The molecule has 2 aromatic heterocycles. The largest absolute Gasteiger partial charge is 0.335 e. The van der Waals surface area contributed by atoms with E-state index in [-0.39, 0.29) is 11.6 Å². The van der Waals surface area contributed by atoms with Gasteiger partial charge in [-0.2, -0.15) is 5.21 Å². The lowest BCUT2D eigenvalue weighted by molar-refractivity contribution is 0.0904. The number of imidazole rings is 1. The van der Waals surface area contributed by atoms with Crippen LogP contribution in [0.5, 0.6) is 0 Å². The van der Waals surface area contributed by atoms with Crippen molar-refractivity contribution in [3.63, 3.8) is 0 Å². The number of nitrogens with zero attached hydrogens (tertiary/aromatic N) is 5. The molecule has 0 aliphatic rings. The van der Waals surface area contributed by atoms with Crippen molar-refractivity contribution >= 4 is 5.91 Å². The number of benzene rings is 2. The number of carbonyl (C=O) groups excluding carboxylic acids is 1. The Labute approximate surface area is 185 Å². The molecule has 8 nitrogen and oxygen atoms in total. The topological polar surface area (TPSA) is 98.5 Å². The first-order valence-electron chi connectivity index (χ1n) is 10.7. The number of aromatic amines is 1. The van der Waals surface area contributed by atoms with Gasteiger partial charge in [-0.25, -0.2) is 9.36 Å². The van der Waals surface area contributed by atoms with E-state index < -0.39 is 0 Å². The fraction of sp³-hybridized carbons (Fsp3) is 0.292. The maximum atomic E-state index is 12.9. The van der Waals surface area contributed by atoms with Crippen LogP contribution in [0.25, 0.3) is 22.5 Å². The Bertz CT molecular complexity index is 1270. The van der Waals surface area contributed by atoms with E-state index in [4.69, 9.17) is 0 Å². The fourth-order valence-electron chi connectivity index (χ4n) is 3.80. The van der Waals surface area contributed by atoms with Gasteiger partial charge in [-0.3, -0.25) is 9.36 Å². The molecule has 4 aromatic rings. The minimum atomic E-state index is -0.279. The maximum Gasteiger partial charge on any atom is 0.335 e. The van der Waals surface area contributed by atoms with Crippen molar-refractivity contribution in [2.75, 3.05) is 0 Å². The summed E-state index contributed by atoms with van der Waals surface area (Å²) in [6.07, 6.45) is 2.72. The highest BCUT2D eigenvalue weighted by Gasteiger charge is 2.17. The molecule has 164 valence electrons. The molecule has 32 heavy (non-hydrogen) atoms. The zero-order valence-corrected chi connectivity index (χ0v) is 18.4. The molecule has 0 unspecified atom stereocenters. The molecule has 1 N–H and O–H groups in total.